The average molecular weight is 399 g/mol. The van der Waals surface area contributed by atoms with Gasteiger partial charge in [-0.3, -0.25) is 25.8 Å². The van der Waals surface area contributed by atoms with Crippen molar-refractivity contribution in [2.75, 3.05) is 11.2 Å². The highest BCUT2D eigenvalue weighted by molar-refractivity contribution is 7.99. The van der Waals surface area contributed by atoms with Gasteiger partial charge in [-0.2, -0.15) is 13.2 Å². The minimum absolute atomic E-state index is 0.0787. The summed E-state index contributed by atoms with van der Waals surface area (Å²) in [6.45, 7) is 1.97. The highest BCUT2D eigenvalue weighted by atomic mass is 32.2. The number of aryl methyl sites for hydroxylation is 1. The van der Waals surface area contributed by atoms with Gasteiger partial charge in [0.2, 0.25) is 5.91 Å². The highest BCUT2D eigenvalue weighted by Crippen LogP contribution is 2.34. The summed E-state index contributed by atoms with van der Waals surface area (Å²) in [5, 5.41) is 11.0. The van der Waals surface area contributed by atoms with E-state index in [-0.39, 0.29) is 11.4 Å². The zero-order valence-corrected chi connectivity index (χ0v) is 15.0. The van der Waals surface area contributed by atoms with Gasteiger partial charge in [-0.15, -0.1) is 11.8 Å². The van der Waals surface area contributed by atoms with Gasteiger partial charge in [0.1, 0.15) is 5.69 Å². The summed E-state index contributed by atoms with van der Waals surface area (Å²) in [5.74, 6) is 0.227. The average Bonchev–Trinajstić information content (AvgIpc) is 2.60. The van der Waals surface area contributed by atoms with E-state index in [1.54, 1.807) is 0 Å². The summed E-state index contributed by atoms with van der Waals surface area (Å²) >= 11 is 1.34. The number of hydrazine groups is 1. The molecule has 0 saturated carbocycles. The Morgan fingerprint density at radius 1 is 1.19 bits per heavy atom. The normalized spacial score (nSPS) is 11.1. The first-order valence-corrected chi connectivity index (χ1v) is 8.86. The van der Waals surface area contributed by atoms with Crippen molar-refractivity contribution in [3.63, 3.8) is 0 Å². The fraction of sp³-hybridized carbons (Fsp3) is 0.235. The molecular formula is C17H16F3N3O3S. The Morgan fingerprint density at radius 2 is 1.85 bits per heavy atom. The molecule has 0 aromatic heterocycles. The standard InChI is InChI=1S/C17H16F3N3O3S/c1-11-2-4-12(5-3-11)9-27-10-16(24)22-21-14-7-6-13(17(18,19)20)8-15(14)23(25)26/h2-8,21H,9-10H2,1H3,(H,22,24). The Balaban J connectivity index is 1.90. The number of thioether (sulfide) groups is 1. The zero-order chi connectivity index (χ0) is 20.0. The molecule has 0 unspecified atom stereocenters. The molecular weight excluding hydrogens is 383 g/mol. The fourth-order valence-electron chi connectivity index (χ4n) is 2.08. The second kappa shape index (κ2) is 8.76. The lowest BCUT2D eigenvalue weighted by atomic mass is 10.1. The quantitative estimate of drug-likeness (QED) is 0.536. The van der Waals surface area contributed by atoms with Gasteiger partial charge in [0, 0.05) is 11.8 Å². The molecule has 0 aliphatic rings. The van der Waals surface area contributed by atoms with E-state index >= 15 is 0 Å². The number of alkyl halides is 3. The number of nitro benzene ring substituents is 1. The van der Waals surface area contributed by atoms with Crippen molar-refractivity contribution >= 4 is 29.0 Å². The Hall–Kier alpha value is -2.75. The SMILES string of the molecule is Cc1ccc(CSCC(=O)NNc2ccc(C(F)(F)F)cc2[N+](=O)[O-])cc1. The number of nitro groups is 1. The van der Waals surface area contributed by atoms with Gasteiger partial charge < -0.3 is 0 Å². The first-order chi connectivity index (χ1) is 12.7. The van der Waals surface area contributed by atoms with Crippen LogP contribution >= 0.6 is 11.8 Å². The van der Waals surface area contributed by atoms with Gasteiger partial charge in [0.05, 0.1) is 16.2 Å². The van der Waals surface area contributed by atoms with E-state index in [1.807, 2.05) is 31.2 Å². The first-order valence-electron chi connectivity index (χ1n) is 7.70. The van der Waals surface area contributed by atoms with Crippen molar-refractivity contribution in [2.24, 2.45) is 0 Å². The molecule has 0 saturated heterocycles. The number of anilines is 1. The molecule has 10 heteroatoms. The molecule has 0 aliphatic carbocycles. The largest absolute Gasteiger partial charge is 0.416 e. The molecule has 0 radical (unpaired) electrons. The molecule has 1 amide bonds. The topological polar surface area (TPSA) is 84.3 Å². The predicted molar refractivity (Wildman–Crippen MR) is 97.2 cm³/mol. The summed E-state index contributed by atoms with van der Waals surface area (Å²) in [7, 11) is 0. The Bertz CT molecular complexity index is 826. The number of carbonyl (C=O) groups excluding carboxylic acids is 1. The van der Waals surface area contributed by atoms with E-state index in [2.05, 4.69) is 10.9 Å². The molecule has 0 heterocycles. The van der Waals surface area contributed by atoms with Crippen LogP contribution in [0.3, 0.4) is 0 Å². The van der Waals surface area contributed by atoms with Crippen molar-refractivity contribution in [1.82, 2.24) is 5.43 Å². The van der Waals surface area contributed by atoms with Crippen molar-refractivity contribution in [1.29, 1.82) is 0 Å². The van der Waals surface area contributed by atoms with Crippen molar-refractivity contribution < 1.29 is 22.9 Å². The van der Waals surface area contributed by atoms with Crippen LogP contribution in [0.25, 0.3) is 0 Å². The third-order valence-corrected chi connectivity index (χ3v) is 4.48. The minimum atomic E-state index is -4.70. The molecule has 2 N–H and O–H groups in total. The second-order valence-corrected chi connectivity index (χ2v) is 6.62. The number of nitrogens with zero attached hydrogens (tertiary/aromatic N) is 1. The lowest BCUT2D eigenvalue weighted by Gasteiger charge is -2.11. The summed E-state index contributed by atoms with van der Waals surface area (Å²) in [6, 6.07) is 9.84. The number of hydrogen-bond acceptors (Lipinski definition) is 5. The van der Waals surface area contributed by atoms with Crippen molar-refractivity contribution in [3.8, 4) is 0 Å². The molecule has 0 fully saturated rings. The number of nitrogens with one attached hydrogen (secondary N) is 2. The zero-order valence-electron chi connectivity index (χ0n) is 14.2. The fourth-order valence-corrected chi connectivity index (χ4v) is 2.87. The molecule has 0 atom stereocenters. The van der Waals surface area contributed by atoms with Gasteiger partial charge in [-0.1, -0.05) is 29.8 Å². The maximum atomic E-state index is 12.7. The van der Waals surface area contributed by atoms with E-state index in [0.717, 1.165) is 17.2 Å². The Morgan fingerprint density at radius 3 is 2.44 bits per heavy atom. The van der Waals surface area contributed by atoms with Crippen molar-refractivity contribution in [3.05, 3.63) is 69.3 Å². The van der Waals surface area contributed by atoms with Gasteiger partial charge in [-0.05, 0) is 24.6 Å². The number of hydrogen-bond donors (Lipinski definition) is 2. The van der Waals surface area contributed by atoms with Crippen LogP contribution in [0.1, 0.15) is 16.7 Å². The van der Waals surface area contributed by atoms with E-state index in [9.17, 15) is 28.1 Å². The third kappa shape index (κ3) is 6.17. The predicted octanol–water partition coefficient (Wildman–Crippen LogP) is 4.30. The first kappa shape index (κ1) is 20.6. The van der Waals surface area contributed by atoms with Crippen LogP contribution in [0, 0.1) is 17.0 Å². The van der Waals surface area contributed by atoms with Gasteiger partial charge >= 0.3 is 6.18 Å². The van der Waals surface area contributed by atoms with E-state index in [1.165, 1.54) is 11.8 Å². The molecule has 0 spiro atoms. The monoisotopic (exact) mass is 399 g/mol. The van der Waals surface area contributed by atoms with Crippen LogP contribution in [-0.2, 0) is 16.7 Å². The molecule has 2 rings (SSSR count). The van der Waals surface area contributed by atoms with Crippen LogP contribution in [-0.4, -0.2) is 16.6 Å². The van der Waals surface area contributed by atoms with Crippen LogP contribution in [0.4, 0.5) is 24.5 Å². The number of carbonyl (C=O) groups is 1. The molecule has 0 aliphatic heterocycles. The van der Waals surface area contributed by atoms with Crippen LogP contribution in [0.15, 0.2) is 42.5 Å². The number of benzene rings is 2. The smallest absolute Gasteiger partial charge is 0.292 e. The summed E-state index contributed by atoms with van der Waals surface area (Å²) in [6.07, 6.45) is -4.70. The van der Waals surface area contributed by atoms with E-state index in [0.29, 0.717) is 17.9 Å². The molecule has 6 nitrogen and oxygen atoms in total. The van der Waals surface area contributed by atoms with Gasteiger partial charge in [0.25, 0.3) is 5.69 Å². The lowest BCUT2D eigenvalue weighted by Crippen LogP contribution is -2.31. The molecule has 2 aromatic rings. The molecule has 0 bridgehead atoms. The highest BCUT2D eigenvalue weighted by Gasteiger charge is 2.33. The summed E-state index contributed by atoms with van der Waals surface area (Å²) < 4.78 is 38.0. The van der Waals surface area contributed by atoms with Crippen LogP contribution in [0.5, 0.6) is 0 Å². The number of amides is 1. The lowest BCUT2D eigenvalue weighted by molar-refractivity contribution is -0.384. The van der Waals surface area contributed by atoms with E-state index < -0.39 is 28.3 Å². The molecule has 2 aromatic carbocycles. The molecule has 144 valence electrons. The molecule has 27 heavy (non-hydrogen) atoms. The second-order valence-electron chi connectivity index (χ2n) is 5.64. The maximum Gasteiger partial charge on any atom is 0.416 e. The number of rotatable bonds is 7. The van der Waals surface area contributed by atoms with E-state index in [4.69, 9.17) is 0 Å². The van der Waals surface area contributed by atoms with Gasteiger partial charge in [-0.25, -0.2) is 0 Å². The van der Waals surface area contributed by atoms with Crippen molar-refractivity contribution in [2.45, 2.75) is 18.9 Å². The minimum Gasteiger partial charge on any atom is -0.292 e. The van der Waals surface area contributed by atoms with Gasteiger partial charge in [0.15, 0.2) is 0 Å². The summed E-state index contributed by atoms with van der Waals surface area (Å²) in [4.78, 5) is 21.9. The Kier molecular flexibility index (Phi) is 6.67. The van der Waals surface area contributed by atoms with Crippen LogP contribution in [0.2, 0.25) is 0 Å². The maximum absolute atomic E-state index is 12.7. The Labute approximate surface area is 157 Å². The number of halogens is 3. The third-order valence-electron chi connectivity index (χ3n) is 3.48. The van der Waals surface area contributed by atoms with Crippen LogP contribution < -0.4 is 10.9 Å². The summed E-state index contributed by atoms with van der Waals surface area (Å²) in [5.41, 5.74) is 4.58.